The van der Waals surface area contributed by atoms with Crippen LogP contribution >= 0.6 is 19.2 Å². The van der Waals surface area contributed by atoms with Gasteiger partial charge in [0.2, 0.25) is 0 Å². The van der Waals surface area contributed by atoms with E-state index in [1.165, 1.54) is 12.3 Å². The normalized spacial score (nSPS) is 12.1. The number of nitrogens with zero attached hydrogens (tertiary/aromatic N) is 2. The van der Waals surface area contributed by atoms with E-state index >= 15 is 0 Å². The van der Waals surface area contributed by atoms with Gasteiger partial charge < -0.3 is 24.5 Å². The fourth-order valence-electron chi connectivity index (χ4n) is 2.63. The molecular formula is C15H17ClN3O4P. The van der Waals surface area contributed by atoms with Crippen LogP contribution in [0.15, 0.2) is 34.9 Å². The number of nitrogen functional groups attached to an aromatic ring is 1. The third-order valence-corrected chi connectivity index (χ3v) is 4.98. The molecular weight excluding hydrogens is 353 g/mol. The first-order valence-corrected chi connectivity index (χ1v) is 9.53. The standard InChI is InChI=1S/C15H17ClN3O4P/c16-7-1-2-8-19-11-5-3-4-10(17)13(11)18-15(19)14-12(6-9-23-14)24(20,21)22/h3-6,9H,1-2,7-8,17H2,(H2,20,21,22). The van der Waals surface area contributed by atoms with E-state index in [0.717, 1.165) is 18.4 Å². The second-order valence-corrected chi connectivity index (χ2v) is 7.32. The van der Waals surface area contributed by atoms with Crippen LogP contribution in [0.5, 0.6) is 0 Å². The number of hydrogen-bond donors (Lipinski definition) is 3. The molecule has 0 bridgehead atoms. The molecule has 0 fully saturated rings. The Bertz CT molecular complexity index is 915. The Morgan fingerprint density at radius 2 is 2.08 bits per heavy atom. The maximum absolute atomic E-state index is 11.7. The molecule has 3 aromatic rings. The van der Waals surface area contributed by atoms with Gasteiger partial charge in [0, 0.05) is 12.4 Å². The van der Waals surface area contributed by atoms with Gasteiger partial charge in [0.05, 0.1) is 17.5 Å². The van der Waals surface area contributed by atoms with Crippen LogP contribution in [0.4, 0.5) is 5.69 Å². The molecule has 3 rings (SSSR count). The maximum atomic E-state index is 11.7. The van der Waals surface area contributed by atoms with Crippen molar-refractivity contribution in [2.75, 3.05) is 11.6 Å². The van der Waals surface area contributed by atoms with Gasteiger partial charge in [-0.25, -0.2) is 4.98 Å². The first-order chi connectivity index (χ1) is 11.4. The highest BCUT2D eigenvalue weighted by Gasteiger charge is 2.28. The lowest BCUT2D eigenvalue weighted by Gasteiger charge is -2.09. The summed E-state index contributed by atoms with van der Waals surface area (Å²) < 4.78 is 18.9. The number of para-hydroxylation sites is 1. The highest BCUT2D eigenvalue weighted by Crippen LogP contribution is 2.39. The Morgan fingerprint density at radius 1 is 1.29 bits per heavy atom. The van der Waals surface area contributed by atoms with Crippen molar-refractivity contribution >= 4 is 41.2 Å². The van der Waals surface area contributed by atoms with Crippen LogP contribution in [-0.2, 0) is 11.1 Å². The van der Waals surface area contributed by atoms with Crippen LogP contribution in [0.1, 0.15) is 12.8 Å². The predicted octanol–water partition coefficient (Wildman–Crippen LogP) is 2.70. The van der Waals surface area contributed by atoms with E-state index in [1.807, 2.05) is 16.7 Å². The molecule has 2 heterocycles. The number of hydrogen-bond acceptors (Lipinski definition) is 4. The number of anilines is 1. The van der Waals surface area contributed by atoms with E-state index in [9.17, 15) is 14.4 Å². The Labute approximate surface area is 143 Å². The van der Waals surface area contributed by atoms with Gasteiger partial charge in [-0.1, -0.05) is 6.07 Å². The average Bonchev–Trinajstić information content (AvgIpc) is 3.12. The van der Waals surface area contributed by atoms with Crippen molar-refractivity contribution in [2.45, 2.75) is 19.4 Å². The Morgan fingerprint density at radius 3 is 2.79 bits per heavy atom. The Hall–Kier alpha value is -1.79. The zero-order chi connectivity index (χ0) is 17.3. The van der Waals surface area contributed by atoms with E-state index in [1.54, 1.807) is 6.07 Å². The quantitative estimate of drug-likeness (QED) is 0.266. The number of imidazole rings is 1. The lowest BCUT2D eigenvalue weighted by atomic mass is 10.2. The number of rotatable bonds is 6. The van der Waals surface area contributed by atoms with E-state index in [4.69, 9.17) is 21.8 Å². The minimum absolute atomic E-state index is 0.0600. The van der Waals surface area contributed by atoms with Gasteiger partial charge in [0.1, 0.15) is 10.8 Å². The van der Waals surface area contributed by atoms with Gasteiger partial charge in [-0.2, -0.15) is 0 Å². The fraction of sp³-hybridized carbons (Fsp3) is 0.267. The topological polar surface area (TPSA) is 115 Å². The summed E-state index contributed by atoms with van der Waals surface area (Å²) in [6.45, 7) is 0.587. The molecule has 7 nitrogen and oxygen atoms in total. The summed E-state index contributed by atoms with van der Waals surface area (Å²) in [4.78, 5) is 23.5. The molecule has 2 aromatic heterocycles. The molecule has 1 aromatic carbocycles. The van der Waals surface area contributed by atoms with Gasteiger partial charge in [0.15, 0.2) is 11.6 Å². The molecule has 0 saturated carbocycles. The molecule has 0 spiro atoms. The molecule has 0 aliphatic heterocycles. The number of furan rings is 1. The van der Waals surface area contributed by atoms with E-state index in [0.29, 0.717) is 29.5 Å². The highest BCUT2D eigenvalue weighted by molar-refractivity contribution is 7.60. The molecule has 0 unspecified atom stereocenters. The summed E-state index contributed by atoms with van der Waals surface area (Å²) in [7, 11) is -4.48. The summed E-state index contributed by atoms with van der Waals surface area (Å²) in [6.07, 6.45) is 2.85. The summed E-state index contributed by atoms with van der Waals surface area (Å²) >= 11 is 5.74. The first-order valence-electron chi connectivity index (χ1n) is 7.38. The molecule has 0 amide bonds. The minimum Gasteiger partial charge on any atom is -0.460 e. The number of nitrogens with two attached hydrogens (primary N) is 1. The molecule has 0 aliphatic carbocycles. The lowest BCUT2D eigenvalue weighted by Crippen LogP contribution is -2.08. The average molecular weight is 370 g/mol. The monoisotopic (exact) mass is 369 g/mol. The van der Waals surface area contributed by atoms with Crippen molar-refractivity contribution in [3.05, 3.63) is 30.5 Å². The molecule has 0 atom stereocenters. The van der Waals surface area contributed by atoms with Crippen LogP contribution in [0.2, 0.25) is 0 Å². The lowest BCUT2D eigenvalue weighted by molar-refractivity contribution is 0.387. The largest absolute Gasteiger partial charge is 0.460 e. The number of unbranched alkanes of at least 4 members (excludes halogenated alkanes) is 1. The molecule has 9 heteroatoms. The minimum atomic E-state index is -4.48. The van der Waals surface area contributed by atoms with E-state index in [-0.39, 0.29) is 11.1 Å². The van der Waals surface area contributed by atoms with Gasteiger partial charge >= 0.3 is 7.60 Å². The molecule has 0 radical (unpaired) electrons. The molecule has 24 heavy (non-hydrogen) atoms. The van der Waals surface area contributed by atoms with Crippen LogP contribution in [0.3, 0.4) is 0 Å². The number of aromatic nitrogens is 2. The number of fused-ring (bicyclic) bond motifs is 1. The summed E-state index contributed by atoms with van der Waals surface area (Å²) in [5.74, 6) is 0.948. The summed E-state index contributed by atoms with van der Waals surface area (Å²) in [5.41, 5.74) is 7.84. The van der Waals surface area contributed by atoms with Crippen molar-refractivity contribution < 1.29 is 18.8 Å². The SMILES string of the molecule is Nc1cccc2c1nc(-c1occc1P(=O)(O)O)n2CCCCCl. The number of benzene rings is 1. The molecule has 0 saturated heterocycles. The summed E-state index contributed by atoms with van der Waals surface area (Å²) in [5, 5.41) is -0.185. The molecule has 4 N–H and O–H groups in total. The van der Waals surface area contributed by atoms with Gasteiger partial charge in [-0.3, -0.25) is 4.57 Å². The van der Waals surface area contributed by atoms with Crippen molar-refractivity contribution in [1.82, 2.24) is 9.55 Å². The second kappa shape index (κ2) is 6.61. The van der Waals surface area contributed by atoms with Crippen molar-refractivity contribution in [3.63, 3.8) is 0 Å². The van der Waals surface area contributed by atoms with Crippen LogP contribution in [-0.4, -0.2) is 25.2 Å². The smallest absolute Gasteiger partial charge is 0.360 e. The third-order valence-electron chi connectivity index (χ3n) is 3.74. The van der Waals surface area contributed by atoms with Crippen LogP contribution in [0, 0.1) is 0 Å². The van der Waals surface area contributed by atoms with Crippen molar-refractivity contribution in [3.8, 4) is 11.6 Å². The van der Waals surface area contributed by atoms with Crippen LogP contribution in [0.25, 0.3) is 22.6 Å². The zero-order valence-corrected chi connectivity index (χ0v) is 14.4. The van der Waals surface area contributed by atoms with Gasteiger partial charge in [-0.15, -0.1) is 11.6 Å². The maximum Gasteiger partial charge on any atom is 0.360 e. The number of aryl methyl sites for hydroxylation is 1. The second-order valence-electron chi connectivity index (χ2n) is 5.38. The molecule has 0 aliphatic rings. The highest BCUT2D eigenvalue weighted by atomic mass is 35.5. The van der Waals surface area contributed by atoms with E-state index < -0.39 is 7.60 Å². The van der Waals surface area contributed by atoms with Gasteiger partial charge in [0.25, 0.3) is 0 Å². The number of halogens is 1. The first kappa shape index (κ1) is 17.0. The Kier molecular flexibility index (Phi) is 4.69. The summed E-state index contributed by atoms with van der Waals surface area (Å²) in [6, 6.07) is 6.67. The molecule has 128 valence electrons. The van der Waals surface area contributed by atoms with E-state index in [2.05, 4.69) is 4.98 Å². The fourth-order valence-corrected chi connectivity index (χ4v) is 3.49. The zero-order valence-electron chi connectivity index (χ0n) is 12.7. The number of alkyl halides is 1. The Balaban J connectivity index is 2.20. The third kappa shape index (κ3) is 3.08. The van der Waals surface area contributed by atoms with Crippen molar-refractivity contribution in [1.29, 1.82) is 0 Å². The van der Waals surface area contributed by atoms with Crippen molar-refractivity contribution in [2.24, 2.45) is 0 Å². The predicted molar refractivity (Wildman–Crippen MR) is 93.5 cm³/mol. The van der Waals surface area contributed by atoms with Crippen LogP contribution < -0.4 is 11.0 Å². The van der Waals surface area contributed by atoms with Gasteiger partial charge in [-0.05, 0) is 31.0 Å².